The molecule has 1 aliphatic heterocycles. The molecule has 0 fully saturated rings. The predicted molar refractivity (Wildman–Crippen MR) is 99.2 cm³/mol. The lowest BCUT2D eigenvalue weighted by molar-refractivity contribution is -0.385. The first kappa shape index (κ1) is 17.4. The topological polar surface area (TPSA) is 107 Å². The summed E-state index contributed by atoms with van der Waals surface area (Å²) in [4.78, 5) is 10.7. The van der Waals surface area contributed by atoms with E-state index in [4.69, 9.17) is 26.4 Å². The van der Waals surface area contributed by atoms with E-state index in [1.54, 1.807) is 19.2 Å². The van der Waals surface area contributed by atoms with Gasteiger partial charge in [-0.3, -0.25) is 15.5 Å². The van der Waals surface area contributed by atoms with E-state index in [2.05, 4.69) is 15.8 Å². The van der Waals surface area contributed by atoms with Crippen LogP contribution in [0.25, 0.3) is 0 Å². The first-order chi connectivity index (χ1) is 12.6. The lowest BCUT2D eigenvalue weighted by Gasteiger charge is -2.08. The van der Waals surface area contributed by atoms with Crippen molar-refractivity contribution in [1.29, 1.82) is 0 Å². The Morgan fingerprint density at radius 3 is 2.85 bits per heavy atom. The number of hydrazone groups is 1. The van der Waals surface area contributed by atoms with Gasteiger partial charge in [0, 0.05) is 11.8 Å². The Morgan fingerprint density at radius 1 is 1.35 bits per heavy atom. The maximum Gasteiger partial charge on any atom is 0.282 e. The molecule has 0 saturated heterocycles. The Kier molecular flexibility index (Phi) is 5.13. The van der Waals surface area contributed by atoms with Gasteiger partial charge in [0.1, 0.15) is 5.75 Å². The lowest BCUT2D eigenvalue weighted by Crippen LogP contribution is -2.23. The zero-order chi connectivity index (χ0) is 18.5. The Hall–Kier alpha value is -3.40. The van der Waals surface area contributed by atoms with Gasteiger partial charge >= 0.3 is 0 Å². The molecule has 1 heterocycles. The molecule has 2 aromatic carbocycles. The van der Waals surface area contributed by atoms with Crippen molar-refractivity contribution < 1.29 is 19.1 Å². The maximum atomic E-state index is 11.2. The number of hydrogen-bond acceptors (Lipinski definition) is 7. The van der Waals surface area contributed by atoms with E-state index in [1.165, 1.54) is 18.3 Å². The van der Waals surface area contributed by atoms with Crippen LogP contribution in [-0.2, 0) is 0 Å². The van der Waals surface area contributed by atoms with Crippen LogP contribution in [0.15, 0.2) is 41.5 Å². The summed E-state index contributed by atoms with van der Waals surface area (Å²) >= 11 is 5.14. The van der Waals surface area contributed by atoms with Gasteiger partial charge in [0.15, 0.2) is 16.6 Å². The molecule has 0 amide bonds. The molecule has 0 radical (unpaired) electrons. The summed E-state index contributed by atoms with van der Waals surface area (Å²) in [6.45, 7) is 0.0277. The highest BCUT2D eigenvalue weighted by Crippen LogP contribution is 2.37. The van der Waals surface area contributed by atoms with Crippen LogP contribution < -0.4 is 25.0 Å². The van der Waals surface area contributed by atoms with Crippen LogP contribution in [0.1, 0.15) is 5.56 Å². The number of hydrogen-bond donors (Lipinski definition) is 2. The molecule has 0 spiro atoms. The third-order valence-electron chi connectivity index (χ3n) is 3.42. The molecule has 0 atom stereocenters. The van der Waals surface area contributed by atoms with E-state index < -0.39 is 4.92 Å². The van der Waals surface area contributed by atoms with Gasteiger partial charge in [-0.05, 0) is 30.4 Å². The number of nitro groups is 1. The second-order valence-electron chi connectivity index (χ2n) is 5.08. The van der Waals surface area contributed by atoms with Crippen LogP contribution in [0.3, 0.4) is 0 Å². The number of rotatable bonds is 5. The molecule has 26 heavy (non-hydrogen) atoms. The fourth-order valence-electron chi connectivity index (χ4n) is 2.23. The molecule has 0 aliphatic carbocycles. The summed E-state index contributed by atoms with van der Waals surface area (Å²) in [5.41, 5.74) is 3.43. The van der Waals surface area contributed by atoms with Crippen molar-refractivity contribution in [2.24, 2.45) is 5.10 Å². The Labute approximate surface area is 153 Å². The van der Waals surface area contributed by atoms with Gasteiger partial charge < -0.3 is 19.5 Å². The standard InChI is InChI=1S/C16H14N4O5S/c1-23-12-4-2-3-11(6-12)18-16(26)19-17-8-10-5-14-15(25-9-24-14)7-13(10)20(21)22/h2-8H,9H2,1H3,(H2,18,19,26). The maximum absolute atomic E-state index is 11.2. The van der Waals surface area contributed by atoms with Crippen molar-refractivity contribution >= 4 is 34.9 Å². The van der Waals surface area contributed by atoms with E-state index in [-0.39, 0.29) is 23.2 Å². The third-order valence-corrected chi connectivity index (χ3v) is 3.61. The molecule has 0 bridgehead atoms. The fourth-order valence-corrected chi connectivity index (χ4v) is 2.40. The second kappa shape index (κ2) is 7.66. The summed E-state index contributed by atoms with van der Waals surface area (Å²) in [5.74, 6) is 1.43. The Bertz CT molecular complexity index is 887. The molecular weight excluding hydrogens is 360 g/mol. The van der Waals surface area contributed by atoms with Crippen LogP contribution in [0, 0.1) is 10.1 Å². The number of fused-ring (bicyclic) bond motifs is 1. The fraction of sp³-hybridized carbons (Fsp3) is 0.125. The molecule has 0 unspecified atom stereocenters. The minimum Gasteiger partial charge on any atom is -0.497 e. The van der Waals surface area contributed by atoms with Crippen LogP contribution in [0.2, 0.25) is 0 Å². The molecule has 1 aliphatic rings. The van der Waals surface area contributed by atoms with Crippen molar-refractivity contribution in [3.8, 4) is 17.2 Å². The Balaban J connectivity index is 1.68. The van der Waals surface area contributed by atoms with Crippen LogP contribution >= 0.6 is 12.2 Å². The SMILES string of the molecule is COc1cccc(NC(=S)NN=Cc2cc3c(cc2[N+](=O)[O-])OCO3)c1. The number of nitrogens with one attached hydrogen (secondary N) is 2. The van der Waals surface area contributed by atoms with E-state index in [0.717, 1.165) is 0 Å². The smallest absolute Gasteiger partial charge is 0.282 e. The zero-order valence-electron chi connectivity index (χ0n) is 13.6. The van der Waals surface area contributed by atoms with Crippen molar-refractivity contribution in [3.05, 3.63) is 52.1 Å². The van der Waals surface area contributed by atoms with Crippen molar-refractivity contribution in [1.82, 2.24) is 5.43 Å². The highest BCUT2D eigenvalue weighted by atomic mass is 32.1. The van der Waals surface area contributed by atoms with Gasteiger partial charge in [-0.25, -0.2) is 0 Å². The zero-order valence-corrected chi connectivity index (χ0v) is 14.4. The molecule has 134 valence electrons. The van der Waals surface area contributed by atoms with Gasteiger partial charge in [0.2, 0.25) is 6.79 Å². The average molecular weight is 374 g/mol. The molecule has 3 rings (SSSR count). The summed E-state index contributed by atoms with van der Waals surface area (Å²) < 4.78 is 15.5. The molecule has 10 heteroatoms. The highest BCUT2D eigenvalue weighted by molar-refractivity contribution is 7.80. The Morgan fingerprint density at radius 2 is 2.12 bits per heavy atom. The largest absolute Gasteiger partial charge is 0.497 e. The molecule has 2 N–H and O–H groups in total. The first-order valence-electron chi connectivity index (χ1n) is 7.39. The van der Waals surface area contributed by atoms with Crippen LogP contribution in [0.5, 0.6) is 17.2 Å². The van der Waals surface area contributed by atoms with Crippen molar-refractivity contribution in [2.45, 2.75) is 0 Å². The number of thiocarbonyl (C=S) groups is 1. The van der Waals surface area contributed by atoms with Crippen LogP contribution in [-0.4, -0.2) is 30.2 Å². The van der Waals surface area contributed by atoms with Gasteiger partial charge in [0.25, 0.3) is 5.69 Å². The number of benzene rings is 2. The predicted octanol–water partition coefficient (Wildman–Crippen LogP) is 2.65. The highest BCUT2D eigenvalue weighted by Gasteiger charge is 2.22. The number of anilines is 1. The second-order valence-corrected chi connectivity index (χ2v) is 5.49. The average Bonchev–Trinajstić information content (AvgIpc) is 3.08. The van der Waals surface area contributed by atoms with Gasteiger partial charge in [-0.1, -0.05) is 6.07 Å². The summed E-state index contributed by atoms with van der Waals surface area (Å²) in [5, 5.41) is 18.3. The van der Waals surface area contributed by atoms with Gasteiger partial charge in [-0.2, -0.15) is 5.10 Å². The first-order valence-corrected chi connectivity index (χ1v) is 7.80. The molecule has 0 saturated carbocycles. The minimum atomic E-state index is -0.518. The normalized spacial score (nSPS) is 12.0. The van der Waals surface area contributed by atoms with E-state index in [0.29, 0.717) is 22.9 Å². The third kappa shape index (κ3) is 3.98. The van der Waals surface area contributed by atoms with Gasteiger partial charge in [-0.15, -0.1) is 0 Å². The van der Waals surface area contributed by atoms with E-state index >= 15 is 0 Å². The monoisotopic (exact) mass is 374 g/mol. The summed E-state index contributed by atoms with van der Waals surface area (Å²) in [6, 6.07) is 9.98. The van der Waals surface area contributed by atoms with E-state index in [1.807, 2.05) is 12.1 Å². The quantitative estimate of drug-likeness (QED) is 0.356. The summed E-state index contributed by atoms with van der Waals surface area (Å²) in [6.07, 6.45) is 1.29. The number of nitro benzene ring substituents is 1. The van der Waals surface area contributed by atoms with Crippen molar-refractivity contribution in [3.63, 3.8) is 0 Å². The minimum absolute atomic E-state index is 0.0277. The molecular formula is C16H14N4O5S. The van der Waals surface area contributed by atoms with Crippen LogP contribution in [0.4, 0.5) is 11.4 Å². The van der Waals surface area contributed by atoms with Gasteiger partial charge in [0.05, 0.1) is 29.9 Å². The van der Waals surface area contributed by atoms with E-state index in [9.17, 15) is 10.1 Å². The molecule has 2 aromatic rings. The lowest BCUT2D eigenvalue weighted by atomic mass is 10.1. The molecule has 9 nitrogen and oxygen atoms in total. The number of ether oxygens (including phenoxy) is 3. The molecule has 0 aromatic heterocycles. The number of nitrogens with zero attached hydrogens (tertiary/aromatic N) is 2. The number of methoxy groups -OCH3 is 1. The van der Waals surface area contributed by atoms with Crippen molar-refractivity contribution in [2.75, 3.05) is 19.2 Å². The summed E-state index contributed by atoms with van der Waals surface area (Å²) in [7, 11) is 1.57.